The van der Waals surface area contributed by atoms with Crippen LogP contribution in [0.3, 0.4) is 0 Å². The van der Waals surface area contributed by atoms with Crippen molar-refractivity contribution in [2.75, 3.05) is 13.1 Å². The predicted molar refractivity (Wildman–Crippen MR) is 55.4 cm³/mol. The molecule has 0 saturated carbocycles. The van der Waals surface area contributed by atoms with E-state index in [9.17, 15) is 30.7 Å². The molecule has 1 nitrogen and oxygen atoms in total. The SMILES string of the molecule is C=CC(F)(F)C(F)N1CCCCC(F)(C(F)(F)F)C1. The van der Waals surface area contributed by atoms with E-state index in [1.807, 2.05) is 0 Å². The van der Waals surface area contributed by atoms with Gasteiger partial charge in [-0.1, -0.05) is 6.58 Å². The maximum atomic E-state index is 13.8. The Labute approximate surface area is 106 Å². The minimum Gasteiger partial charge on any atom is -0.265 e. The molecule has 0 aromatic rings. The highest BCUT2D eigenvalue weighted by molar-refractivity contribution is 4.98. The zero-order chi connectivity index (χ0) is 14.9. The van der Waals surface area contributed by atoms with Gasteiger partial charge in [0.2, 0.25) is 12.0 Å². The van der Waals surface area contributed by atoms with Gasteiger partial charge in [-0.05, 0) is 25.3 Å². The number of alkyl halides is 7. The van der Waals surface area contributed by atoms with Crippen LogP contribution in [0.5, 0.6) is 0 Å². The Morgan fingerprint density at radius 1 is 1.16 bits per heavy atom. The van der Waals surface area contributed by atoms with Crippen LogP contribution in [0.25, 0.3) is 0 Å². The molecule has 2 unspecified atom stereocenters. The molecule has 2 atom stereocenters. The smallest absolute Gasteiger partial charge is 0.265 e. The van der Waals surface area contributed by atoms with Crippen molar-refractivity contribution in [2.45, 2.75) is 43.3 Å². The largest absolute Gasteiger partial charge is 0.423 e. The molecule has 0 spiro atoms. The fourth-order valence-corrected chi connectivity index (χ4v) is 1.97. The van der Waals surface area contributed by atoms with Gasteiger partial charge in [-0.3, -0.25) is 4.90 Å². The minimum absolute atomic E-state index is 0.00998. The summed E-state index contributed by atoms with van der Waals surface area (Å²) in [5.41, 5.74) is -3.66. The van der Waals surface area contributed by atoms with Crippen molar-refractivity contribution < 1.29 is 30.7 Å². The molecule has 0 radical (unpaired) electrons. The molecule has 19 heavy (non-hydrogen) atoms. The first kappa shape index (κ1) is 16.3. The maximum absolute atomic E-state index is 13.8. The van der Waals surface area contributed by atoms with Gasteiger partial charge in [0.1, 0.15) is 0 Å². The van der Waals surface area contributed by atoms with Crippen molar-refractivity contribution in [1.82, 2.24) is 4.90 Å². The fourth-order valence-electron chi connectivity index (χ4n) is 1.97. The highest BCUT2D eigenvalue weighted by atomic mass is 19.4. The molecule has 1 aliphatic heterocycles. The molecule has 112 valence electrons. The van der Waals surface area contributed by atoms with Gasteiger partial charge in [-0.25, -0.2) is 8.78 Å². The lowest BCUT2D eigenvalue weighted by atomic mass is 9.99. The van der Waals surface area contributed by atoms with Gasteiger partial charge in [0, 0.05) is 13.1 Å². The molecule has 1 aliphatic rings. The summed E-state index contributed by atoms with van der Waals surface area (Å²) in [6.45, 7) is 0.940. The normalized spacial score (nSPS) is 28.8. The molecular weight excluding hydrogens is 279 g/mol. The summed E-state index contributed by atoms with van der Waals surface area (Å²) in [4.78, 5) is 0.197. The standard InChI is InChI=1S/C11H14F7N/c1-2-10(14,15)8(12)19-6-4-3-5-9(13,7-19)11(16,17)18/h2,8H,1,3-7H2. The van der Waals surface area contributed by atoms with Crippen LogP contribution in [0, 0.1) is 0 Å². The van der Waals surface area contributed by atoms with E-state index < -0.39 is 37.0 Å². The highest BCUT2D eigenvalue weighted by Gasteiger charge is 2.58. The van der Waals surface area contributed by atoms with Gasteiger partial charge < -0.3 is 0 Å². The number of hydrogen-bond acceptors (Lipinski definition) is 1. The second-order valence-corrected chi connectivity index (χ2v) is 4.61. The molecular formula is C11H14F7N. The average molecular weight is 293 g/mol. The van der Waals surface area contributed by atoms with Crippen LogP contribution in [0.4, 0.5) is 30.7 Å². The monoisotopic (exact) mass is 293 g/mol. The summed E-state index contributed by atoms with van der Waals surface area (Å²) in [6.07, 6.45) is -9.18. The number of halogens is 7. The van der Waals surface area contributed by atoms with Gasteiger partial charge in [-0.15, -0.1) is 0 Å². The zero-order valence-electron chi connectivity index (χ0n) is 9.99. The van der Waals surface area contributed by atoms with Crippen LogP contribution in [0.15, 0.2) is 12.7 Å². The molecule has 1 rings (SSSR count). The fraction of sp³-hybridized carbons (Fsp3) is 0.818. The Bertz CT molecular complexity index is 327. The first-order valence-corrected chi connectivity index (χ1v) is 5.69. The first-order valence-electron chi connectivity index (χ1n) is 5.69. The van der Waals surface area contributed by atoms with Crippen LogP contribution in [-0.2, 0) is 0 Å². The molecule has 0 bridgehead atoms. The van der Waals surface area contributed by atoms with Crippen molar-refractivity contribution in [3.8, 4) is 0 Å². The lowest BCUT2D eigenvalue weighted by Gasteiger charge is -2.34. The Morgan fingerprint density at radius 2 is 1.74 bits per heavy atom. The Balaban J connectivity index is 2.94. The third-order valence-electron chi connectivity index (χ3n) is 3.14. The van der Waals surface area contributed by atoms with Gasteiger partial charge in [-0.2, -0.15) is 22.0 Å². The second kappa shape index (κ2) is 5.30. The van der Waals surface area contributed by atoms with E-state index in [1.165, 1.54) is 0 Å². The maximum Gasteiger partial charge on any atom is 0.423 e. The minimum atomic E-state index is -5.21. The number of nitrogens with zero attached hydrogens (tertiary/aromatic N) is 1. The Kier molecular flexibility index (Phi) is 4.54. The van der Waals surface area contributed by atoms with Crippen molar-refractivity contribution in [2.24, 2.45) is 0 Å². The van der Waals surface area contributed by atoms with Crippen LogP contribution < -0.4 is 0 Å². The van der Waals surface area contributed by atoms with E-state index >= 15 is 0 Å². The van der Waals surface area contributed by atoms with Gasteiger partial charge in [0.25, 0.3) is 0 Å². The zero-order valence-corrected chi connectivity index (χ0v) is 9.99. The van der Waals surface area contributed by atoms with E-state index in [1.54, 1.807) is 0 Å². The summed E-state index contributed by atoms with van der Waals surface area (Å²) in [5, 5.41) is 0. The summed E-state index contributed by atoms with van der Waals surface area (Å²) in [5.74, 6) is -4.02. The summed E-state index contributed by atoms with van der Waals surface area (Å²) >= 11 is 0. The third-order valence-corrected chi connectivity index (χ3v) is 3.14. The molecule has 0 N–H and O–H groups in total. The molecule has 0 aromatic carbocycles. The van der Waals surface area contributed by atoms with Crippen molar-refractivity contribution in [3.05, 3.63) is 12.7 Å². The quantitative estimate of drug-likeness (QED) is 0.434. The topological polar surface area (TPSA) is 3.24 Å². The van der Waals surface area contributed by atoms with Crippen LogP contribution in [0.1, 0.15) is 19.3 Å². The number of rotatable bonds is 3. The Morgan fingerprint density at radius 3 is 2.21 bits per heavy atom. The summed E-state index contributed by atoms with van der Waals surface area (Å²) in [7, 11) is 0. The van der Waals surface area contributed by atoms with E-state index in [2.05, 4.69) is 6.58 Å². The summed E-state index contributed by atoms with van der Waals surface area (Å²) in [6, 6.07) is 0. The third kappa shape index (κ3) is 3.40. The van der Waals surface area contributed by atoms with Crippen molar-refractivity contribution in [1.29, 1.82) is 0 Å². The average Bonchev–Trinajstić information content (AvgIpc) is 2.50. The molecule has 1 heterocycles. The van der Waals surface area contributed by atoms with E-state index in [-0.39, 0.29) is 30.4 Å². The van der Waals surface area contributed by atoms with Gasteiger partial charge in [0.15, 0.2) is 0 Å². The summed E-state index contributed by atoms with van der Waals surface area (Å²) < 4.78 is 91.3. The van der Waals surface area contributed by atoms with Crippen LogP contribution >= 0.6 is 0 Å². The molecule has 0 aromatic heterocycles. The van der Waals surface area contributed by atoms with Gasteiger partial charge in [0.05, 0.1) is 0 Å². The van der Waals surface area contributed by atoms with Crippen molar-refractivity contribution in [3.63, 3.8) is 0 Å². The van der Waals surface area contributed by atoms with E-state index in [4.69, 9.17) is 0 Å². The molecule has 0 amide bonds. The molecule has 1 saturated heterocycles. The second-order valence-electron chi connectivity index (χ2n) is 4.61. The van der Waals surface area contributed by atoms with Gasteiger partial charge >= 0.3 is 12.1 Å². The first-order chi connectivity index (χ1) is 8.53. The Hall–Kier alpha value is -0.790. The van der Waals surface area contributed by atoms with E-state index in [0.29, 0.717) is 0 Å². The highest BCUT2D eigenvalue weighted by Crippen LogP contribution is 2.41. The van der Waals surface area contributed by atoms with Crippen LogP contribution in [0.2, 0.25) is 0 Å². The van der Waals surface area contributed by atoms with Crippen molar-refractivity contribution >= 4 is 0 Å². The lowest BCUT2D eigenvalue weighted by Crippen LogP contribution is -2.54. The molecule has 1 fully saturated rings. The van der Waals surface area contributed by atoms with Crippen LogP contribution in [-0.4, -0.2) is 42.1 Å². The van der Waals surface area contributed by atoms with E-state index in [0.717, 1.165) is 0 Å². The number of likely N-dealkylation sites (tertiary alicyclic amines) is 1. The lowest BCUT2D eigenvalue weighted by molar-refractivity contribution is -0.242. The molecule has 0 aliphatic carbocycles. The number of hydrogen-bond donors (Lipinski definition) is 0. The molecule has 8 heteroatoms. The predicted octanol–water partition coefficient (Wildman–Crippen LogP) is 3.86.